The number of nitriles is 1. The van der Waals surface area contributed by atoms with Gasteiger partial charge in [0.05, 0.1) is 17.2 Å². The molecule has 0 aliphatic heterocycles. The van der Waals surface area contributed by atoms with Crippen molar-refractivity contribution < 1.29 is 12.1 Å². The lowest BCUT2D eigenvalue weighted by Crippen LogP contribution is -2.35. The summed E-state index contributed by atoms with van der Waals surface area (Å²) in [4.78, 5) is 0. The van der Waals surface area contributed by atoms with Crippen LogP contribution < -0.4 is 0 Å². The quantitative estimate of drug-likeness (QED) is 0.465. The van der Waals surface area contributed by atoms with E-state index in [-0.39, 0.29) is 18.6 Å². The molecule has 1 fully saturated rings. The second-order valence-corrected chi connectivity index (χ2v) is 4.05. The van der Waals surface area contributed by atoms with Crippen LogP contribution in [0, 0.1) is 22.2 Å². The third-order valence-corrected chi connectivity index (χ3v) is 2.00. The van der Waals surface area contributed by atoms with E-state index in [0.717, 1.165) is 0 Å². The highest BCUT2D eigenvalue weighted by Crippen LogP contribution is 2.44. The SMILES string of the molecule is [2H]C([2H])([2H])C1(C#N)C/C(=N/O)CC(C)(C)C1([2H])[2H]. The first kappa shape index (κ1) is 4.99. The Morgan fingerprint density at radius 2 is 2.38 bits per heavy atom. The Hall–Kier alpha value is -1.04. The van der Waals surface area contributed by atoms with Gasteiger partial charge in [0, 0.05) is 13.3 Å². The molecule has 0 bridgehead atoms. The zero-order valence-corrected chi connectivity index (χ0v) is 7.76. The van der Waals surface area contributed by atoms with Crippen molar-refractivity contribution in [2.24, 2.45) is 16.0 Å². The van der Waals surface area contributed by atoms with E-state index in [9.17, 15) is 5.26 Å². The van der Waals surface area contributed by atoms with Crippen molar-refractivity contribution in [2.45, 2.75) is 39.9 Å². The number of rotatable bonds is 0. The largest absolute Gasteiger partial charge is 0.411 e. The van der Waals surface area contributed by atoms with Gasteiger partial charge in [-0.3, -0.25) is 0 Å². The molecule has 1 rings (SSSR count). The third kappa shape index (κ3) is 2.21. The fraction of sp³-hybridized carbons (Fsp3) is 0.800. The van der Waals surface area contributed by atoms with Gasteiger partial charge in [0.25, 0.3) is 0 Å². The third-order valence-electron chi connectivity index (χ3n) is 2.00. The Morgan fingerprint density at radius 1 is 1.69 bits per heavy atom. The lowest BCUT2D eigenvalue weighted by Gasteiger charge is -2.38. The normalized spacial score (nSPS) is 46.2. The molecule has 0 aromatic carbocycles. The fourth-order valence-corrected chi connectivity index (χ4v) is 1.68. The van der Waals surface area contributed by atoms with Crippen LogP contribution in [0.2, 0.25) is 0 Å². The molecule has 1 aliphatic rings. The van der Waals surface area contributed by atoms with Crippen LogP contribution in [0.25, 0.3) is 0 Å². The predicted octanol–water partition coefficient (Wildman–Crippen LogP) is 2.56. The van der Waals surface area contributed by atoms with Gasteiger partial charge >= 0.3 is 0 Å². The van der Waals surface area contributed by atoms with E-state index in [4.69, 9.17) is 12.1 Å². The van der Waals surface area contributed by atoms with Crippen LogP contribution in [0.15, 0.2) is 5.16 Å². The monoisotopic (exact) mass is 185 g/mol. The van der Waals surface area contributed by atoms with E-state index in [1.54, 1.807) is 6.07 Å². The Kier molecular flexibility index (Phi) is 1.16. The van der Waals surface area contributed by atoms with Gasteiger partial charge in [0.2, 0.25) is 0 Å². The van der Waals surface area contributed by atoms with E-state index in [0.29, 0.717) is 0 Å². The molecule has 0 aromatic heterocycles. The molecule has 1 atom stereocenters. The number of hydrogen-bond acceptors (Lipinski definition) is 3. The molecule has 1 N–H and O–H groups in total. The van der Waals surface area contributed by atoms with Crippen molar-refractivity contribution >= 4 is 5.71 Å². The molecule has 0 spiro atoms. The minimum Gasteiger partial charge on any atom is -0.411 e. The number of hydrogen-bond donors (Lipinski definition) is 1. The van der Waals surface area contributed by atoms with E-state index >= 15 is 0 Å². The van der Waals surface area contributed by atoms with Crippen molar-refractivity contribution in [1.82, 2.24) is 0 Å². The maximum Gasteiger partial charge on any atom is 0.0691 e. The van der Waals surface area contributed by atoms with Crippen LogP contribution in [0.1, 0.15) is 46.8 Å². The average molecular weight is 185 g/mol. The molecule has 0 radical (unpaired) electrons. The molecule has 0 aromatic rings. The molecule has 3 heteroatoms. The Balaban J connectivity index is 3.53. The van der Waals surface area contributed by atoms with Crippen LogP contribution >= 0.6 is 0 Å². The van der Waals surface area contributed by atoms with Crippen LogP contribution in [0.3, 0.4) is 0 Å². The molecule has 0 amide bonds. The van der Waals surface area contributed by atoms with Gasteiger partial charge in [0.1, 0.15) is 0 Å². The molecule has 1 unspecified atom stereocenters. The van der Waals surface area contributed by atoms with Gasteiger partial charge in [-0.25, -0.2) is 0 Å². The lowest BCUT2D eigenvalue weighted by atomic mass is 9.64. The molecule has 13 heavy (non-hydrogen) atoms. The summed E-state index contributed by atoms with van der Waals surface area (Å²) in [5.74, 6) is 0. The van der Waals surface area contributed by atoms with Crippen LogP contribution in [0.4, 0.5) is 0 Å². The maximum absolute atomic E-state index is 9.27. The predicted molar refractivity (Wildman–Crippen MR) is 50.6 cm³/mol. The molecule has 1 aliphatic carbocycles. The first-order valence-electron chi connectivity index (χ1n) is 6.56. The summed E-state index contributed by atoms with van der Waals surface area (Å²) < 4.78 is 38.7. The first-order chi connectivity index (χ1) is 7.95. The van der Waals surface area contributed by atoms with Gasteiger partial charge in [-0.15, -0.1) is 0 Å². The highest BCUT2D eigenvalue weighted by molar-refractivity contribution is 5.86. The van der Waals surface area contributed by atoms with Gasteiger partial charge in [-0.2, -0.15) is 5.26 Å². The minimum atomic E-state index is -2.79. The highest BCUT2D eigenvalue weighted by Gasteiger charge is 2.39. The summed E-state index contributed by atoms with van der Waals surface area (Å²) in [7, 11) is 0. The van der Waals surface area contributed by atoms with E-state index in [1.165, 1.54) is 13.8 Å². The molecule has 0 saturated heterocycles. The van der Waals surface area contributed by atoms with Gasteiger partial charge in [0.15, 0.2) is 0 Å². The summed E-state index contributed by atoms with van der Waals surface area (Å²) in [6, 6.07) is 1.64. The minimum absolute atomic E-state index is 0.121. The van der Waals surface area contributed by atoms with Crippen LogP contribution in [-0.4, -0.2) is 10.9 Å². The van der Waals surface area contributed by atoms with E-state index < -0.39 is 24.1 Å². The molecular weight excluding hydrogens is 164 g/mol. The standard InChI is InChI=1S/C10H16N2O/c1-9(2)4-8(12-13)5-10(3,6-9)7-11/h13H,4-6H2,1-3H3/b12-8+/i3D3,6D2. The second-order valence-electron chi connectivity index (χ2n) is 4.05. The summed E-state index contributed by atoms with van der Waals surface area (Å²) in [5, 5.41) is 21.1. The van der Waals surface area contributed by atoms with Crippen LogP contribution in [0.5, 0.6) is 0 Å². The van der Waals surface area contributed by atoms with Gasteiger partial charge in [-0.05, 0) is 25.1 Å². The van der Waals surface area contributed by atoms with Crippen molar-refractivity contribution in [3.63, 3.8) is 0 Å². The van der Waals surface area contributed by atoms with Crippen LogP contribution in [-0.2, 0) is 0 Å². The average Bonchev–Trinajstić information content (AvgIpc) is 2.20. The Labute approximate surface area is 86.1 Å². The second kappa shape index (κ2) is 3.02. The lowest BCUT2D eigenvalue weighted by molar-refractivity contribution is 0.206. The first-order valence-corrected chi connectivity index (χ1v) is 4.06. The molecule has 0 heterocycles. The number of oxime groups is 1. The van der Waals surface area contributed by atoms with Crippen molar-refractivity contribution in [3.8, 4) is 6.07 Å². The van der Waals surface area contributed by atoms with E-state index in [1.807, 2.05) is 0 Å². The van der Waals surface area contributed by atoms with Crippen molar-refractivity contribution in [1.29, 1.82) is 5.26 Å². The Morgan fingerprint density at radius 3 is 2.85 bits per heavy atom. The molecular formula is C10H16N2O. The summed E-state index contributed by atoms with van der Waals surface area (Å²) in [5.41, 5.74) is -3.15. The zero-order chi connectivity index (χ0) is 14.4. The smallest absolute Gasteiger partial charge is 0.0691 e. The highest BCUT2D eigenvalue weighted by atomic mass is 16.4. The van der Waals surface area contributed by atoms with Gasteiger partial charge < -0.3 is 5.21 Å². The molecule has 72 valence electrons. The van der Waals surface area contributed by atoms with Gasteiger partial charge in [-0.1, -0.05) is 19.0 Å². The summed E-state index contributed by atoms with van der Waals surface area (Å²) >= 11 is 0. The fourth-order valence-electron chi connectivity index (χ4n) is 1.68. The summed E-state index contributed by atoms with van der Waals surface area (Å²) in [6.45, 7) is 0.281. The Bertz CT molecular complexity index is 421. The zero-order valence-electron chi connectivity index (χ0n) is 12.8. The number of nitrogens with zero attached hydrogens (tertiary/aromatic N) is 2. The van der Waals surface area contributed by atoms with Crippen molar-refractivity contribution in [2.75, 3.05) is 0 Å². The topological polar surface area (TPSA) is 56.4 Å². The summed E-state index contributed by atoms with van der Waals surface area (Å²) in [6.07, 6.45) is -2.48. The molecule has 3 nitrogen and oxygen atoms in total. The molecule has 1 saturated carbocycles. The van der Waals surface area contributed by atoms with Crippen molar-refractivity contribution in [3.05, 3.63) is 0 Å². The maximum atomic E-state index is 9.27. The van der Waals surface area contributed by atoms with E-state index in [2.05, 4.69) is 5.16 Å².